The Kier molecular flexibility index (Phi) is 11.4. The Morgan fingerprint density at radius 1 is 0.867 bits per heavy atom. The molecule has 90 valence electrons. The minimum atomic E-state index is 0.732. The lowest BCUT2D eigenvalue weighted by Crippen LogP contribution is -2.27. The Labute approximate surface area is 95.0 Å². The molecular formula is C13H27NO. The molecule has 0 unspecified atom stereocenters. The number of aldehydes is 1. The van der Waals surface area contributed by atoms with Crippen LogP contribution in [0.25, 0.3) is 0 Å². The predicted octanol–water partition coefficient (Wildman–Crippen LogP) is 3.26. The molecule has 0 aliphatic heterocycles. The minimum absolute atomic E-state index is 0.732. The molecule has 0 saturated carbocycles. The number of carbonyl (C=O) groups is 1. The molecule has 0 aliphatic carbocycles. The van der Waals surface area contributed by atoms with E-state index in [2.05, 4.69) is 18.7 Å². The third-order valence-electron chi connectivity index (χ3n) is 2.70. The van der Waals surface area contributed by atoms with E-state index in [0.717, 1.165) is 19.1 Å². The highest BCUT2D eigenvalue weighted by atomic mass is 16.1. The molecule has 0 fully saturated rings. The van der Waals surface area contributed by atoms with Crippen LogP contribution in [-0.4, -0.2) is 30.8 Å². The highest BCUT2D eigenvalue weighted by Gasteiger charge is 2.02. The van der Waals surface area contributed by atoms with Crippen LogP contribution in [0.15, 0.2) is 0 Å². The predicted molar refractivity (Wildman–Crippen MR) is 66.2 cm³/mol. The largest absolute Gasteiger partial charge is 0.303 e. The van der Waals surface area contributed by atoms with Crippen LogP contribution in [0, 0.1) is 0 Å². The van der Waals surface area contributed by atoms with Gasteiger partial charge in [-0.3, -0.25) is 0 Å². The van der Waals surface area contributed by atoms with Crippen molar-refractivity contribution in [1.82, 2.24) is 4.90 Å². The van der Waals surface area contributed by atoms with E-state index in [0.29, 0.717) is 0 Å². The first kappa shape index (κ1) is 14.6. The summed E-state index contributed by atoms with van der Waals surface area (Å²) in [7, 11) is 0. The summed E-state index contributed by atoms with van der Waals surface area (Å²) in [5.41, 5.74) is 0. The van der Waals surface area contributed by atoms with Crippen LogP contribution < -0.4 is 0 Å². The Morgan fingerprint density at radius 2 is 1.40 bits per heavy atom. The number of hydrogen-bond acceptors (Lipinski definition) is 2. The molecule has 0 amide bonds. The molecule has 0 aromatic carbocycles. The Hall–Kier alpha value is -0.370. The summed E-state index contributed by atoms with van der Waals surface area (Å²) in [5, 5.41) is 0. The lowest BCUT2D eigenvalue weighted by atomic mass is 10.2. The van der Waals surface area contributed by atoms with Crippen molar-refractivity contribution < 1.29 is 4.79 Å². The molecule has 0 aromatic rings. The van der Waals surface area contributed by atoms with Gasteiger partial charge in [-0.2, -0.15) is 0 Å². The summed E-state index contributed by atoms with van der Waals surface area (Å²) in [5.74, 6) is 0. The smallest absolute Gasteiger partial charge is 0.119 e. The summed E-state index contributed by atoms with van der Waals surface area (Å²) in [6.07, 6.45) is 9.14. The molecule has 0 atom stereocenters. The molecule has 0 rings (SSSR count). The van der Waals surface area contributed by atoms with Crippen molar-refractivity contribution in [2.24, 2.45) is 0 Å². The second kappa shape index (κ2) is 11.7. The van der Waals surface area contributed by atoms with Crippen molar-refractivity contribution in [1.29, 1.82) is 0 Å². The van der Waals surface area contributed by atoms with Crippen molar-refractivity contribution >= 4 is 6.29 Å². The van der Waals surface area contributed by atoms with Crippen LogP contribution in [0.1, 0.15) is 58.8 Å². The zero-order valence-electron chi connectivity index (χ0n) is 10.5. The van der Waals surface area contributed by atoms with Gasteiger partial charge in [0.2, 0.25) is 0 Å². The molecule has 2 nitrogen and oxygen atoms in total. The second-order valence-corrected chi connectivity index (χ2v) is 4.21. The van der Waals surface area contributed by atoms with E-state index in [9.17, 15) is 4.79 Å². The van der Waals surface area contributed by atoms with Gasteiger partial charge in [-0.25, -0.2) is 0 Å². The molecule has 0 radical (unpaired) electrons. The van der Waals surface area contributed by atoms with Gasteiger partial charge >= 0.3 is 0 Å². The zero-order chi connectivity index (χ0) is 11.4. The van der Waals surface area contributed by atoms with Gasteiger partial charge in [0.05, 0.1) is 0 Å². The summed E-state index contributed by atoms with van der Waals surface area (Å²) in [6, 6.07) is 0. The van der Waals surface area contributed by atoms with Gasteiger partial charge in [0, 0.05) is 6.42 Å². The van der Waals surface area contributed by atoms with Crippen molar-refractivity contribution in [3.05, 3.63) is 0 Å². The average molecular weight is 213 g/mol. The van der Waals surface area contributed by atoms with Crippen molar-refractivity contribution in [3.8, 4) is 0 Å². The van der Waals surface area contributed by atoms with Gasteiger partial charge < -0.3 is 9.69 Å². The van der Waals surface area contributed by atoms with E-state index >= 15 is 0 Å². The fraction of sp³-hybridized carbons (Fsp3) is 0.923. The molecule has 0 spiro atoms. The quantitative estimate of drug-likeness (QED) is 0.388. The van der Waals surface area contributed by atoms with Crippen LogP contribution in [0.4, 0.5) is 0 Å². The molecule has 0 heterocycles. The van der Waals surface area contributed by atoms with Crippen LogP contribution in [-0.2, 0) is 4.79 Å². The number of nitrogens with zero attached hydrogens (tertiary/aromatic N) is 1. The SMILES string of the molecule is CCCCN(CCCC)CCCCC=O. The molecule has 0 aliphatic rings. The normalized spacial score (nSPS) is 10.9. The summed E-state index contributed by atoms with van der Waals surface area (Å²) in [6.45, 7) is 8.12. The third-order valence-corrected chi connectivity index (χ3v) is 2.70. The Bertz CT molecular complexity index is 128. The fourth-order valence-corrected chi connectivity index (χ4v) is 1.66. The van der Waals surface area contributed by atoms with Crippen molar-refractivity contribution in [2.75, 3.05) is 19.6 Å². The molecule has 15 heavy (non-hydrogen) atoms. The fourth-order valence-electron chi connectivity index (χ4n) is 1.66. The Balaban J connectivity index is 3.53. The second-order valence-electron chi connectivity index (χ2n) is 4.21. The maximum atomic E-state index is 10.2. The number of rotatable bonds is 11. The van der Waals surface area contributed by atoms with Gasteiger partial charge in [-0.1, -0.05) is 26.7 Å². The Morgan fingerprint density at radius 3 is 1.87 bits per heavy atom. The molecule has 0 N–H and O–H groups in total. The maximum Gasteiger partial charge on any atom is 0.119 e. The van der Waals surface area contributed by atoms with Crippen LogP contribution in [0.5, 0.6) is 0 Å². The van der Waals surface area contributed by atoms with E-state index in [1.165, 1.54) is 51.7 Å². The highest BCUT2D eigenvalue weighted by molar-refractivity contribution is 5.48. The van der Waals surface area contributed by atoms with E-state index in [1.807, 2.05) is 0 Å². The first-order valence-corrected chi connectivity index (χ1v) is 6.51. The van der Waals surface area contributed by atoms with Crippen molar-refractivity contribution in [3.63, 3.8) is 0 Å². The van der Waals surface area contributed by atoms with Crippen molar-refractivity contribution in [2.45, 2.75) is 58.8 Å². The summed E-state index contributed by atoms with van der Waals surface area (Å²) >= 11 is 0. The molecule has 0 saturated heterocycles. The zero-order valence-corrected chi connectivity index (χ0v) is 10.5. The number of unbranched alkanes of at least 4 members (excludes halogenated alkanes) is 4. The van der Waals surface area contributed by atoms with Gasteiger partial charge in [0.15, 0.2) is 0 Å². The minimum Gasteiger partial charge on any atom is -0.303 e. The van der Waals surface area contributed by atoms with E-state index < -0.39 is 0 Å². The topological polar surface area (TPSA) is 20.3 Å². The monoisotopic (exact) mass is 213 g/mol. The van der Waals surface area contributed by atoms with E-state index in [-0.39, 0.29) is 0 Å². The maximum absolute atomic E-state index is 10.2. The lowest BCUT2D eigenvalue weighted by molar-refractivity contribution is -0.107. The average Bonchev–Trinajstić information content (AvgIpc) is 2.27. The lowest BCUT2D eigenvalue weighted by Gasteiger charge is -2.21. The van der Waals surface area contributed by atoms with E-state index in [4.69, 9.17) is 0 Å². The van der Waals surface area contributed by atoms with E-state index in [1.54, 1.807) is 0 Å². The summed E-state index contributed by atoms with van der Waals surface area (Å²) < 4.78 is 0. The first-order valence-electron chi connectivity index (χ1n) is 6.51. The number of carbonyl (C=O) groups excluding carboxylic acids is 1. The third kappa shape index (κ3) is 9.92. The molecule has 0 bridgehead atoms. The molecule has 0 aromatic heterocycles. The van der Waals surface area contributed by atoms with Gasteiger partial charge in [0.1, 0.15) is 6.29 Å². The molecule has 2 heteroatoms. The van der Waals surface area contributed by atoms with Crippen LogP contribution in [0.2, 0.25) is 0 Å². The van der Waals surface area contributed by atoms with Gasteiger partial charge in [0.25, 0.3) is 0 Å². The number of hydrogen-bond donors (Lipinski definition) is 0. The standard InChI is InChI=1S/C13H27NO/c1-3-5-10-14(11-6-4-2)12-8-7-9-13-15/h13H,3-12H2,1-2H3. The first-order chi connectivity index (χ1) is 7.35. The van der Waals surface area contributed by atoms with Crippen LogP contribution in [0.3, 0.4) is 0 Å². The highest BCUT2D eigenvalue weighted by Crippen LogP contribution is 2.02. The van der Waals surface area contributed by atoms with Gasteiger partial charge in [-0.15, -0.1) is 0 Å². The van der Waals surface area contributed by atoms with Gasteiger partial charge in [-0.05, 0) is 45.3 Å². The summed E-state index contributed by atoms with van der Waals surface area (Å²) in [4.78, 5) is 12.7. The molecular weight excluding hydrogens is 186 g/mol. The van der Waals surface area contributed by atoms with Crippen LogP contribution >= 0.6 is 0 Å².